The van der Waals surface area contributed by atoms with Crippen molar-refractivity contribution >= 4 is 28.1 Å². The molecule has 0 spiro atoms. The van der Waals surface area contributed by atoms with Crippen molar-refractivity contribution in [3.05, 3.63) is 57.9 Å². The van der Waals surface area contributed by atoms with E-state index < -0.39 is 0 Å². The molecule has 0 unspecified atom stereocenters. The zero-order valence-corrected chi connectivity index (χ0v) is 12.3. The standard InChI is InChI=1S/C16H16N2OS/c1-11-7-8-20-15(11)10-18(2)16(19)14-9-12-5-3-4-6-13(12)17-14/h3-9,17H,10H2,1-2H3. The van der Waals surface area contributed by atoms with Gasteiger partial charge in [-0.1, -0.05) is 18.2 Å². The average molecular weight is 284 g/mol. The summed E-state index contributed by atoms with van der Waals surface area (Å²) in [5, 5.41) is 3.13. The minimum Gasteiger partial charge on any atom is -0.351 e. The van der Waals surface area contributed by atoms with E-state index >= 15 is 0 Å². The predicted octanol–water partition coefficient (Wildman–Crippen LogP) is 3.81. The van der Waals surface area contributed by atoms with Crippen LogP contribution in [0.3, 0.4) is 0 Å². The van der Waals surface area contributed by atoms with Gasteiger partial charge in [0.25, 0.3) is 5.91 Å². The Bertz CT molecular complexity index is 724. The highest BCUT2D eigenvalue weighted by atomic mass is 32.1. The second kappa shape index (κ2) is 5.13. The average Bonchev–Trinajstić information content (AvgIpc) is 3.04. The van der Waals surface area contributed by atoms with Crippen LogP contribution in [-0.2, 0) is 6.54 Å². The summed E-state index contributed by atoms with van der Waals surface area (Å²) in [7, 11) is 1.84. The van der Waals surface area contributed by atoms with Crippen molar-refractivity contribution in [2.24, 2.45) is 0 Å². The number of fused-ring (bicyclic) bond motifs is 1. The van der Waals surface area contributed by atoms with Crippen LogP contribution < -0.4 is 0 Å². The first kappa shape index (κ1) is 12.9. The van der Waals surface area contributed by atoms with Crippen LogP contribution in [0, 0.1) is 6.92 Å². The Kier molecular flexibility index (Phi) is 3.32. The van der Waals surface area contributed by atoms with Gasteiger partial charge in [0.2, 0.25) is 0 Å². The Hall–Kier alpha value is -2.07. The normalized spacial score (nSPS) is 10.9. The number of nitrogens with zero attached hydrogens (tertiary/aromatic N) is 1. The molecule has 1 aromatic carbocycles. The fourth-order valence-corrected chi connectivity index (χ4v) is 3.21. The van der Waals surface area contributed by atoms with Gasteiger partial charge in [-0.15, -0.1) is 11.3 Å². The van der Waals surface area contributed by atoms with Crippen LogP contribution in [0.25, 0.3) is 10.9 Å². The lowest BCUT2D eigenvalue weighted by molar-refractivity contribution is 0.0781. The van der Waals surface area contributed by atoms with Gasteiger partial charge in [-0.2, -0.15) is 0 Å². The monoisotopic (exact) mass is 284 g/mol. The highest BCUT2D eigenvalue weighted by molar-refractivity contribution is 7.10. The van der Waals surface area contributed by atoms with Gasteiger partial charge in [-0.3, -0.25) is 4.79 Å². The molecule has 20 heavy (non-hydrogen) atoms. The second-order valence-corrected chi connectivity index (χ2v) is 5.96. The Balaban J connectivity index is 1.82. The number of aromatic nitrogens is 1. The molecule has 0 radical (unpaired) electrons. The summed E-state index contributed by atoms with van der Waals surface area (Å²) in [5.41, 5.74) is 2.88. The third kappa shape index (κ3) is 2.34. The molecule has 1 amide bonds. The Morgan fingerprint density at radius 3 is 2.80 bits per heavy atom. The quantitative estimate of drug-likeness (QED) is 0.780. The first-order valence-electron chi connectivity index (χ1n) is 6.51. The molecule has 0 saturated heterocycles. The van der Waals surface area contributed by atoms with Crippen molar-refractivity contribution in [1.29, 1.82) is 0 Å². The van der Waals surface area contributed by atoms with Crippen molar-refractivity contribution in [2.45, 2.75) is 13.5 Å². The molecule has 2 aromatic heterocycles. The van der Waals surface area contributed by atoms with Gasteiger partial charge in [0.1, 0.15) is 5.69 Å². The van der Waals surface area contributed by atoms with Crippen LogP contribution in [0.2, 0.25) is 0 Å². The van der Waals surface area contributed by atoms with Crippen LogP contribution >= 0.6 is 11.3 Å². The fourth-order valence-electron chi connectivity index (χ4n) is 2.25. The first-order chi connectivity index (χ1) is 9.65. The second-order valence-electron chi connectivity index (χ2n) is 4.96. The highest BCUT2D eigenvalue weighted by Crippen LogP contribution is 2.20. The summed E-state index contributed by atoms with van der Waals surface area (Å²) in [6.07, 6.45) is 0. The number of para-hydroxylation sites is 1. The van der Waals surface area contributed by atoms with E-state index in [1.54, 1.807) is 16.2 Å². The Labute approximate surface area is 121 Å². The minimum absolute atomic E-state index is 0.0222. The summed E-state index contributed by atoms with van der Waals surface area (Å²) in [6.45, 7) is 2.73. The van der Waals surface area contributed by atoms with Crippen LogP contribution in [0.1, 0.15) is 20.9 Å². The van der Waals surface area contributed by atoms with E-state index in [4.69, 9.17) is 0 Å². The van der Waals surface area contributed by atoms with Crippen molar-refractivity contribution < 1.29 is 4.79 Å². The molecule has 3 nitrogen and oxygen atoms in total. The molecule has 0 atom stereocenters. The summed E-state index contributed by atoms with van der Waals surface area (Å²) < 4.78 is 0. The first-order valence-corrected chi connectivity index (χ1v) is 7.39. The molecule has 0 aliphatic heterocycles. The number of aryl methyl sites for hydroxylation is 1. The van der Waals surface area contributed by atoms with Crippen LogP contribution in [-0.4, -0.2) is 22.8 Å². The largest absolute Gasteiger partial charge is 0.351 e. The predicted molar refractivity (Wildman–Crippen MR) is 83.2 cm³/mol. The SMILES string of the molecule is Cc1ccsc1CN(C)C(=O)c1cc2ccccc2[nH]1. The lowest BCUT2D eigenvalue weighted by Crippen LogP contribution is -2.26. The molecule has 2 heterocycles. The maximum Gasteiger partial charge on any atom is 0.270 e. The molecule has 1 N–H and O–H groups in total. The molecule has 3 aromatic rings. The van der Waals surface area contributed by atoms with E-state index in [1.807, 2.05) is 37.4 Å². The number of hydrogen-bond donors (Lipinski definition) is 1. The number of H-pyrrole nitrogens is 1. The third-order valence-electron chi connectivity index (χ3n) is 3.46. The van der Waals surface area contributed by atoms with E-state index in [1.165, 1.54) is 10.4 Å². The Morgan fingerprint density at radius 1 is 1.30 bits per heavy atom. The van der Waals surface area contributed by atoms with Crippen LogP contribution in [0.15, 0.2) is 41.8 Å². The number of aromatic amines is 1. The zero-order chi connectivity index (χ0) is 14.1. The van der Waals surface area contributed by atoms with E-state index in [-0.39, 0.29) is 5.91 Å². The maximum absolute atomic E-state index is 12.5. The van der Waals surface area contributed by atoms with Crippen molar-refractivity contribution in [3.8, 4) is 0 Å². The van der Waals surface area contributed by atoms with Gasteiger partial charge in [0.05, 0.1) is 6.54 Å². The molecule has 0 saturated carbocycles. The summed E-state index contributed by atoms with van der Waals surface area (Å²) in [4.78, 5) is 18.6. The number of carbonyl (C=O) groups excluding carboxylic acids is 1. The minimum atomic E-state index is 0.0222. The van der Waals surface area contributed by atoms with Gasteiger partial charge >= 0.3 is 0 Å². The number of rotatable bonds is 3. The van der Waals surface area contributed by atoms with Gasteiger partial charge in [-0.25, -0.2) is 0 Å². The summed E-state index contributed by atoms with van der Waals surface area (Å²) in [5.74, 6) is 0.0222. The maximum atomic E-state index is 12.5. The lowest BCUT2D eigenvalue weighted by atomic mass is 10.2. The van der Waals surface area contributed by atoms with Crippen LogP contribution in [0.4, 0.5) is 0 Å². The molecule has 3 rings (SSSR count). The number of thiophene rings is 1. The molecular formula is C16H16N2OS. The molecule has 102 valence electrons. The number of amides is 1. The van der Waals surface area contributed by atoms with Crippen LogP contribution in [0.5, 0.6) is 0 Å². The van der Waals surface area contributed by atoms with E-state index in [2.05, 4.69) is 23.4 Å². The molecule has 0 aliphatic carbocycles. The molecular weight excluding hydrogens is 268 g/mol. The Morgan fingerprint density at radius 2 is 2.10 bits per heavy atom. The number of hydrogen-bond acceptors (Lipinski definition) is 2. The van der Waals surface area contributed by atoms with Crippen molar-refractivity contribution in [1.82, 2.24) is 9.88 Å². The van der Waals surface area contributed by atoms with Crippen molar-refractivity contribution in [3.63, 3.8) is 0 Å². The third-order valence-corrected chi connectivity index (χ3v) is 4.46. The molecule has 0 aliphatic rings. The van der Waals surface area contributed by atoms with Gasteiger partial charge in [-0.05, 0) is 36.1 Å². The number of nitrogens with one attached hydrogen (secondary N) is 1. The summed E-state index contributed by atoms with van der Waals surface area (Å²) >= 11 is 1.69. The van der Waals surface area contributed by atoms with E-state index in [0.29, 0.717) is 12.2 Å². The number of carbonyl (C=O) groups is 1. The van der Waals surface area contributed by atoms with Gasteiger partial charge < -0.3 is 9.88 Å². The smallest absolute Gasteiger partial charge is 0.270 e. The van der Waals surface area contributed by atoms with Crippen molar-refractivity contribution in [2.75, 3.05) is 7.05 Å². The van der Waals surface area contributed by atoms with Gasteiger partial charge in [0, 0.05) is 22.8 Å². The number of benzene rings is 1. The molecule has 0 fully saturated rings. The lowest BCUT2D eigenvalue weighted by Gasteiger charge is -2.15. The highest BCUT2D eigenvalue weighted by Gasteiger charge is 2.15. The van der Waals surface area contributed by atoms with Gasteiger partial charge in [0.15, 0.2) is 0 Å². The van der Waals surface area contributed by atoms with E-state index in [0.717, 1.165) is 10.9 Å². The fraction of sp³-hybridized carbons (Fsp3) is 0.188. The topological polar surface area (TPSA) is 36.1 Å². The molecule has 4 heteroatoms. The van der Waals surface area contributed by atoms with E-state index in [9.17, 15) is 4.79 Å². The summed E-state index contributed by atoms with van der Waals surface area (Å²) in [6, 6.07) is 11.9. The molecule has 0 bridgehead atoms. The zero-order valence-electron chi connectivity index (χ0n) is 11.5.